The molecule has 0 spiro atoms. The molecule has 0 aromatic heterocycles. The third-order valence-electron chi connectivity index (χ3n) is 5.96. The highest BCUT2D eigenvalue weighted by atomic mass is 32.3. The topological polar surface area (TPSA) is 69.7 Å². The molecule has 0 radical (unpaired) electrons. The lowest BCUT2D eigenvalue weighted by Crippen LogP contribution is -2.45. The number of nitrogens with two attached hydrogens (primary N) is 1. The van der Waals surface area contributed by atoms with E-state index in [1.54, 1.807) is 0 Å². The Bertz CT molecular complexity index is 391. The van der Waals surface area contributed by atoms with Gasteiger partial charge in [-0.3, -0.25) is 9.11 Å². The monoisotopic (exact) mass is 272 g/mol. The van der Waals surface area contributed by atoms with Gasteiger partial charge in [-0.25, -0.2) is 4.31 Å². The molecule has 1 aliphatic heterocycles. The SMILES string of the molecule is NC12CC3CC1CC(CN1CCCS1(O)O)(C3)C2. The molecule has 4 atom stereocenters. The van der Waals surface area contributed by atoms with Gasteiger partial charge < -0.3 is 5.73 Å². The van der Waals surface area contributed by atoms with Crippen LogP contribution in [-0.4, -0.2) is 37.8 Å². The fourth-order valence-electron chi connectivity index (χ4n) is 5.60. The van der Waals surface area contributed by atoms with Crippen molar-refractivity contribution in [3.63, 3.8) is 0 Å². The molecule has 18 heavy (non-hydrogen) atoms. The summed E-state index contributed by atoms with van der Waals surface area (Å²) in [6.07, 6.45) is 7.09. The molecule has 4 bridgehead atoms. The van der Waals surface area contributed by atoms with Gasteiger partial charge in [-0.05, 0) is 55.8 Å². The normalized spacial score (nSPS) is 55.3. The Morgan fingerprint density at radius 1 is 1.28 bits per heavy atom. The fourth-order valence-corrected chi connectivity index (χ4v) is 7.27. The molecule has 104 valence electrons. The molecule has 0 amide bonds. The molecule has 5 heteroatoms. The Morgan fingerprint density at radius 2 is 2.11 bits per heavy atom. The highest BCUT2D eigenvalue weighted by Gasteiger charge is 2.62. The predicted octanol–water partition coefficient (Wildman–Crippen LogP) is 2.27. The molecule has 4 N–H and O–H groups in total. The van der Waals surface area contributed by atoms with Crippen LogP contribution >= 0.6 is 10.8 Å². The van der Waals surface area contributed by atoms with Gasteiger partial charge in [0, 0.05) is 18.6 Å². The summed E-state index contributed by atoms with van der Waals surface area (Å²) in [6.45, 7) is 1.73. The van der Waals surface area contributed by atoms with Crippen molar-refractivity contribution >= 4 is 10.8 Å². The van der Waals surface area contributed by atoms with Gasteiger partial charge in [0.25, 0.3) is 0 Å². The molecule has 4 unspecified atom stereocenters. The van der Waals surface area contributed by atoms with E-state index in [9.17, 15) is 9.11 Å². The smallest absolute Gasteiger partial charge is 0.0543 e. The fraction of sp³-hybridized carbons (Fsp3) is 1.00. The Labute approximate surface area is 110 Å². The lowest BCUT2D eigenvalue weighted by Gasteiger charge is -2.46. The van der Waals surface area contributed by atoms with E-state index in [1.807, 2.05) is 4.31 Å². The third kappa shape index (κ3) is 1.54. The molecular weight excluding hydrogens is 248 g/mol. The number of hydrogen-bond acceptors (Lipinski definition) is 4. The molecule has 4 nitrogen and oxygen atoms in total. The Hall–Kier alpha value is 0.190. The molecule has 4 saturated carbocycles. The first-order chi connectivity index (χ1) is 8.41. The lowest BCUT2D eigenvalue weighted by molar-refractivity contribution is 0.109. The maximum Gasteiger partial charge on any atom is 0.0543 e. The van der Waals surface area contributed by atoms with Gasteiger partial charge in [0.1, 0.15) is 0 Å². The summed E-state index contributed by atoms with van der Waals surface area (Å²) in [5.74, 6) is 2.09. The van der Waals surface area contributed by atoms with Gasteiger partial charge in [0.05, 0.1) is 5.75 Å². The highest BCUT2D eigenvalue weighted by molar-refractivity contribution is 8.22. The van der Waals surface area contributed by atoms with E-state index in [4.69, 9.17) is 5.73 Å². The van der Waals surface area contributed by atoms with Crippen molar-refractivity contribution < 1.29 is 9.11 Å². The van der Waals surface area contributed by atoms with E-state index < -0.39 is 10.8 Å². The highest BCUT2D eigenvalue weighted by Crippen LogP contribution is 2.66. The van der Waals surface area contributed by atoms with Crippen LogP contribution in [0.25, 0.3) is 0 Å². The van der Waals surface area contributed by atoms with Crippen LogP contribution < -0.4 is 5.73 Å². The second kappa shape index (κ2) is 3.44. The van der Waals surface area contributed by atoms with Crippen LogP contribution in [-0.2, 0) is 0 Å². The zero-order valence-corrected chi connectivity index (χ0v) is 11.7. The second-order valence-electron chi connectivity index (χ2n) is 7.37. The Kier molecular flexibility index (Phi) is 2.29. The number of hydrogen-bond donors (Lipinski definition) is 3. The van der Waals surface area contributed by atoms with Crippen LogP contribution in [0.15, 0.2) is 0 Å². The largest absolute Gasteiger partial charge is 0.325 e. The van der Waals surface area contributed by atoms with Gasteiger partial charge in [-0.1, -0.05) is 0 Å². The molecule has 5 fully saturated rings. The van der Waals surface area contributed by atoms with Crippen molar-refractivity contribution in [2.75, 3.05) is 18.8 Å². The summed E-state index contributed by atoms with van der Waals surface area (Å²) >= 11 is 0. The molecule has 0 aromatic carbocycles. The van der Waals surface area contributed by atoms with Crippen LogP contribution in [0.1, 0.15) is 38.5 Å². The van der Waals surface area contributed by atoms with Crippen LogP contribution in [0.2, 0.25) is 0 Å². The van der Waals surface area contributed by atoms with Crippen molar-refractivity contribution in [1.29, 1.82) is 0 Å². The maximum atomic E-state index is 10.1. The maximum absolute atomic E-state index is 10.1. The van der Waals surface area contributed by atoms with E-state index in [0.29, 0.717) is 17.1 Å². The van der Waals surface area contributed by atoms with Crippen molar-refractivity contribution in [2.24, 2.45) is 23.0 Å². The van der Waals surface area contributed by atoms with E-state index >= 15 is 0 Å². The molecule has 0 aromatic rings. The van der Waals surface area contributed by atoms with E-state index in [0.717, 1.165) is 31.8 Å². The summed E-state index contributed by atoms with van der Waals surface area (Å²) in [6, 6.07) is 0. The summed E-state index contributed by atoms with van der Waals surface area (Å²) in [4.78, 5) is 0. The van der Waals surface area contributed by atoms with Crippen LogP contribution in [0.5, 0.6) is 0 Å². The third-order valence-corrected chi connectivity index (χ3v) is 7.93. The predicted molar refractivity (Wildman–Crippen MR) is 73.3 cm³/mol. The summed E-state index contributed by atoms with van der Waals surface area (Å²) in [5.41, 5.74) is 6.96. The molecule has 1 saturated heterocycles. The lowest BCUT2D eigenvalue weighted by atomic mass is 9.68. The molecule has 4 aliphatic carbocycles. The zero-order chi connectivity index (χ0) is 12.6. The van der Waals surface area contributed by atoms with Crippen molar-refractivity contribution in [3.05, 3.63) is 0 Å². The van der Waals surface area contributed by atoms with E-state index in [-0.39, 0.29) is 5.54 Å². The Morgan fingerprint density at radius 3 is 2.72 bits per heavy atom. The van der Waals surface area contributed by atoms with Gasteiger partial charge in [-0.15, -0.1) is 10.8 Å². The first kappa shape index (κ1) is 12.0. The number of nitrogens with zero attached hydrogens (tertiary/aromatic N) is 1. The van der Waals surface area contributed by atoms with Crippen molar-refractivity contribution in [1.82, 2.24) is 4.31 Å². The second-order valence-corrected chi connectivity index (χ2v) is 9.56. The average molecular weight is 272 g/mol. The molecule has 5 rings (SSSR count). The zero-order valence-electron chi connectivity index (χ0n) is 10.8. The number of rotatable bonds is 2. The average Bonchev–Trinajstić information content (AvgIpc) is 2.72. The minimum atomic E-state index is -2.45. The van der Waals surface area contributed by atoms with Crippen LogP contribution in [0.4, 0.5) is 0 Å². The van der Waals surface area contributed by atoms with Crippen LogP contribution in [0, 0.1) is 17.3 Å². The minimum absolute atomic E-state index is 0.0888. The van der Waals surface area contributed by atoms with Gasteiger partial charge in [0.2, 0.25) is 0 Å². The molecule has 1 heterocycles. The van der Waals surface area contributed by atoms with Gasteiger partial charge >= 0.3 is 0 Å². The van der Waals surface area contributed by atoms with Crippen molar-refractivity contribution in [3.8, 4) is 0 Å². The minimum Gasteiger partial charge on any atom is -0.325 e. The quantitative estimate of drug-likeness (QED) is 0.721. The van der Waals surface area contributed by atoms with E-state index in [1.165, 1.54) is 25.7 Å². The van der Waals surface area contributed by atoms with E-state index in [2.05, 4.69) is 0 Å². The van der Waals surface area contributed by atoms with Crippen LogP contribution in [0.3, 0.4) is 0 Å². The van der Waals surface area contributed by atoms with Gasteiger partial charge in [0.15, 0.2) is 0 Å². The summed E-state index contributed by atoms with van der Waals surface area (Å²) in [7, 11) is -2.45. The van der Waals surface area contributed by atoms with Gasteiger partial charge in [-0.2, -0.15) is 0 Å². The van der Waals surface area contributed by atoms with Crippen molar-refractivity contribution in [2.45, 2.75) is 44.1 Å². The molecule has 5 aliphatic rings. The Balaban J connectivity index is 1.56. The first-order valence-corrected chi connectivity index (χ1v) is 8.88. The first-order valence-electron chi connectivity index (χ1n) is 7.21. The molecular formula is C13H24N2O2S. The summed E-state index contributed by atoms with van der Waals surface area (Å²) < 4.78 is 22.1. The summed E-state index contributed by atoms with van der Waals surface area (Å²) in [5, 5.41) is 0. The standard InChI is InChI=1S/C13H24N2O2S/c14-13-6-10-4-11(13)7-12(5-10,8-13)9-15-2-1-3-18(15,16)17/h10-11,16-17H,1-9,14H2.